The molecule has 0 aliphatic rings. The summed E-state index contributed by atoms with van der Waals surface area (Å²) in [6, 6.07) is 6.31. The number of rotatable bonds is 15. The highest BCUT2D eigenvalue weighted by molar-refractivity contribution is 4.83. The molecule has 4 heteroatoms. The van der Waals surface area contributed by atoms with Crippen LogP contribution in [0.1, 0.15) is 96.8 Å². The molecule has 0 aliphatic carbocycles. The van der Waals surface area contributed by atoms with Gasteiger partial charge in [0.2, 0.25) is 0 Å². The minimum atomic E-state index is 1.00. The fourth-order valence-electron chi connectivity index (χ4n) is 3.07. The van der Waals surface area contributed by atoms with E-state index in [1.165, 1.54) is 96.4 Å². The van der Waals surface area contributed by atoms with Crippen molar-refractivity contribution in [1.29, 1.82) is 0 Å². The number of unbranched alkanes of at least 4 members (excludes halogenated alkanes) is 13. The standard InChI is InChI=1S/C21H38N.HNO2/c1-2-3-4-5-6-7-8-9-10-11-12-13-14-16-19-22-20-17-15-18-21-22;2-1-3/h15,17-18,20-21H,2-14,16,19H2,1H3;(H,2,3)/q+1;/p-1. The Hall–Kier alpha value is -1.45. The van der Waals surface area contributed by atoms with E-state index in [2.05, 4.69) is 42.1 Å². The van der Waals surface area contributed by atoms with Gasteiger partial charge in [-0.1, -0.05) is 90.0 Å². The second-order valence-corrected chi connectivity index (χ2v) is 6.78. The lowest BCUT2D eigenvalue weighted by molar-refractivity contribution is -0.697. The first-order chi connectivity index (χ1) is 12.3. The lowest BCUT2D eigenvalue weighted by atomic mass is 10.0. The highest BCUT2D eigenvalue weighted by Crippen LogP contribution is 2.12. The van der Waals surface area contributed by atoms with E-state index in [1.807, 2.05) is 0 Å². The fourth-order valence-corrected chi connectivity index (χ4v) is 3.07. The Morgan fingerprint density at radius 2 is 1.04 bits per heavy atom. The van der Waals surface area contributed by atoms with E-state index in [1.54, 1.807) is 0 Å². The molecule has 1 rings (SSSR count). The molecule has 0 spiro atoms. The van der Waals surface area contributed by atoms with E-state index in [9.17, 15) is 0 Å². The molecule has 0 fully saturated rings. The minimum absolute atomic E-state index is 1.00. The molecule has 0 saturated heterocycles. The number of aromatic nitrogens is 1. The van der Waals surface area contributed by atoms with Crippen molar-refractivity contribution < 1.29 is 4.57 Å². The maximum Gasteiger partial charge on any atom is 0.168 e. The topological polar surface area (TPSA) is 56.4 Å². The zero-order valence-electron chi connectivity index (χ0n) is 16.2. The van der Waals surface area contributed by atoms with Crippen LogP contribution in [0.5, 0.6) is 0 Å². The lowest BCUT2D eigenvalue weighted by Gasteiger charge is -2.02. The molecule has 0 atom stereocenters. The first-order valence-corrected chi connectivity index (χ1v) is 10.2. The third-order valence-corrected chi connectivity index (χ3v) is 4.55. The van der Waals surface area contributed by atoms with Crippen LogP contribution in [-0.2, 0) is 6.54 Å². The molecular formula is C21H38N2O2. The predicted octanol–water partition coefficient (Wildman–Crippen LogP) is 6.71. The van der Waals surface area contributed by atoms with Crippen LogP contribution in [0.15, 0.2) is 35.9 Å². The van der Waals surface area contributed by atoms with Crippen LogP contribution in [0.3, 0.4) is 0 Å². The summed E-state index contributed by atoms with van der Waals surface area (Å²) in [5, 5.41) is 9.00. The van der Waals surface area contributed by atoms with Gasteiger partial charge in [-0.25, -0.2) is 4.57 Å². The predicted molar refractivity (Wildman–Crippen MR) is 106 cm³/mol. The van der Waals surface area contributed by atoms with Gasteiger partial charge in [-0.05, 0) is 6.42 Å². The molecule has 0 bridgehead atoms. The monoisotopic (exact) mass is 350 g/mol. The third-order valence-electron chi connectivity index (χ3n) is 4.55. The molecule has 1 aromatic rings. The van der Waals surface area contributed by atoms with Crippen LogP contribution < -0.4 is 4.57 Å². The maximum absolute atomic E-state index is 8.00. The van der Waals surface area contributed by atoms with Gasteiger partial charge in [0.05, 0.1) is 0 Å². The SMILES string of the molecule is CCCCCCCCCCCCCCCC[n+]1ccccc1.O=N[O-]. The van der Waals surface area contributed by atoms with Gasteiger partial charge in [-0.3, -0.25) is 0 Å². The number of hydrogen-bond acceptors (Lipinski definition) is 3. The fraction of sp³-hybridized carbons (Fsp3) is 0.762. The number of nitrogens with zero attached hydrogens (tertiary/aromatic N) is 2. The van der Waals surface area contributed by atoms with Crippen molar-refractivity contribution in [1.82, 2.24) is 0 Å². The zero-order chi connectivity index (χ0) is 18.4. The Morgan fingerprint density at radius 1 is 0.680 bits per heavy atom. The average molecular weight is 351 g/mol. The van der Waals surface area contributed by atoms with Crippen molar-refractivity contribution in [3.05, 3.63) is 40.7 Å². The average Bonchev–Trinajstić information content (AvgIpc) is 2.63. The van der Waals surface area contributed by atoms with Crippen molar-refractivity contribution in [2.45, 2.75) is 103 Å². The summed E-state index contributed by atoms with van der Waals surface area (Å²) in [4.78, 5) is 8.00. The molecule has 0 radical (unpaired) electrons. The number of hydrogen-bond donors (Lipinski definition) is 0. The van der Waals surface area contributed by atoms with Crippen LogP contribution in [0.4, 0.5) is 0 Å². The van der Waals surface area contributed by atoms with Gasteiger partial charge in [0, 0.05) is 18.6 Å². The Morgan fingerprint density at radius 3 is 1.44 bits per heavy atom. The lowest BCUT2D eigenvalue weighted by Crippen LogP contribution is -2.32. The van der Waals surface area contributed by atoms with Gasteiger partial charge in [0.25, 0.3) is 0 Å². The molecule has 0 N–H and O–H groups in total. The zero-order valence-corrected chi connectivity index (χ0v) is 16.2. The second kappa shape index (κ2) is 20.6. The van der Waals surface area contributed by atoms with Gasteiger partial charge in [-0.15, -0.1) is 5.34 Å². The molecule has 0 aliphatic heterocycles. The van der Waals surface area contributed by atoms with E-state index in [4.69, 9.17) is 10.1 Å². The van der Waals surface area contributed by atoms with Gasteiger partial charge in [0.15, 0.2) is 12.4 Å². The summed E-state index contributed by atoms with van der Waals surface area (Å²) in [5.74, 6) is 0. The first kappa shape index (κ1) is 23.5. The third kappa shape index (κ3) is 18.7. The van der Waals surface area contributed by atoms with Crippen molar-refractivity contribution in [3.63, 3.8) is 0 Å². The van der Waals surface area contributed by atoms with E-state index in [0.717, 1.165) is 5.34 Å². The molecule has 1 aromatic heterocycles. The Labute approximate surface area is 154 Å². The summed E-state index contributed by atoms with van der Waals surface area (Å²) in [6.45, 7) is 3.47. The van der Waals surface area contributed by atoms with Crippen LogP contribution >= 0.6 is 0 Å². The molecule has 25 heavy (non-hydrogen) atoms. The smallest absolute Gasteiger partial charge is 0.168 e. The summed E-state index contributed by atoms with van der Waals surface area (Å²) in [7, 11) is 0. The molecular weight excluding hydrogens is 312 g/mol. The highest BCUT2D eigenvalue weighted by Gasteiger charge is 1.98. The number of pyridine rings is 1. The quantitative estimate of drug-likeness (QED) is 0.153. The first-order valence-electron chi connectivity index (χ1n) is 10.2. The molecule has 144 valence electrons. The molecule has 1 heterocycles. The van der Waals surface area contributed by atoms with E-state index in [-0.39, 0.29) is 0 Å². The van der Waals surface area contributed by atoms with Crippen LogP contribution in [0, 0.1) is 10.1 Å². The van der Waals surface area contributed by atoms with E-state index >= 15 is 0 Å². The molecule has 0 amide bonds. The summed E-state index contributed by atoms with van der Waals surface area (Å²) >= 11 is 0. The van der Waals surface area contributed by atoms with E-state index in [0.29, 0.717) is 0 Å². The van der Waals surface area contributed by atoms with Crippen LogP contribution in [-0.4, -0.2) is 0 Å². The Kier molecular flexibility index (Phi) is 19.4. The van der Waals surface area contributed by atoms with Gasteiger partial charge >= 0.3 is 0 Å². The van der Waals surface area contributed by atoms with Gasteiger partial charge in [-0.2, -0.15) is 0 Å². The number of aryl methyl sites for hydroxylation is 1. The maximum atomic E-state index is 8.00. The summed E-state index contributed by atoms with van der Waals surface area (Å²) in [5.41, 5.74) is 0. The normalized spacial score (nSPS) is 10.1. The molecule has 0 saturated carbocycles. The second-order valence-electron chi connectivity index (χ2n) is 6.78. The van der Waals surface area contributed by atoms with Crippen LogP contribution in [0.25, 0.3) is 0 Å². The Balaban J connectivity index is 0.00000178. The summed E-state index contributed by atoms with van der Waals surface area (Å²) in [6.07, 6.45) is 24.4. The largest absolute Gasteiger partial charge is 0.444 e. The molecule has 0 unspecified atom stereocenters. The molecule has 4 nitrogen and oxygen atoms in total. The van der Waals surface area contributed by atoms with Crippen molar-refractivity contribution in [2.75, 3.05) is 0 Å². The highest BCUT2D eigenvalue weighted by atomic mass is 16.6. The van der Waals surface area contributed by atoms with Gasteiger partial charge in [0.1, 0.15) is 6.54 Å². The van der Waals surface area contributed by atoms with Crippen molar-refractivity contribution in [3.8, 4) is 0 Å². The van der Waals surface area contributed by atoms with Crippen molar-refractivity contribution >= 4 is 0 Å². The minimum Gasteiger partial charge on any atom is -0.444 e. The van der Waals surface area contributed by atoms with Crippen molar-refractivity contribution in [2.24, 2.45) is 5.34 Å². The van der Waals surface area contributed by atoms with E-state index < -0.39 is 0 Å². The van der Waals surface area contributed by atoms with Gasteiger partial charge < -0.3 is 10.1 Å². The summed E-state index contributed by atoms with van der Waals surface area (Å²) < 4.78 is 2.29. The molecule has 0 aromatic carbocycles. The van der Waals surface area contributed by atoms with Crippen LogP contribution in [0.2, 0.25) is 0 Å². The Bertz CT molecular complexity index is 371.